The summed E-state index contributed by atoms with van der Waals surface area (Å²) in [6.45, 7) is 13.0. The molecule has 0 spiro atoms. The number of hydrogen-bond acceptors (Lipinski definition) is 2. The molecule has 1 saturated heterocycles. The lowest BCUT2D eigenvalue weighted by atomic mass is 9.94. The first-order valence-electron chi connectivity index (χ1n) is 7.48. The Labute approximate surface area is 135 Å². The van der Waals surface area contributed by atoms with Crippen LogP contribution in [0.3, 0.4) is 0 Å². The van der Waals surface area contributed by atoms with Crippen molar-refractivity contribution in [3.05, 3.63) is 0 Å². The van der Waals surface area contributed by atoms with E-state index in [1.807, 2.05) is 0 Å². The van der Waals surface area contributed by atoms with Crippen molar-refractivity contribution in [3.8, 4) is 0 Å². The van der Waals surface area contributed by atoms with Gasteiger partial charge in [-0.1, -0.05) is 6.92 Å². The Morgan fingerprint density at radius 1 is 1.21 bits per heavy atom. The Morgan fingerprint density at radius 3 is 2.26 bits per heavy atom. The van der Waals surface area contributed by atoms with E-state index in [9.17, 15) is 0 Å². The SMILES string of the molecule is CCN1CCC(CCN=C(N)N(CC)CC)CC1.I. The van der Waals surface area contributed by atoms with Crippen molar-refractivity contribution < 1.29 is 0 Å². The standard InChI is InChI=1S/C14H30N4.HI/c1-4-17-11-8-13(9-12-17)7-10-16-14(15)18(5-2)6-3;/h13H,4-12H2,1-3H3,(H2,15,16);1H. The highest BCUT2D eigenvalue weighted by atomic mass is 127. The highest BCUT2D eigenvalue weighted by Gasteiger charge is 2.17. The van der Waals surface area contributed by atoms with E-state index in [0.717, 1.165) is 25.6 Å². The number of halogens is 1. The Bertz CT molecular complexity index is 246. The third kappa shape index (κ3) is 6.79. The second-order valence-electron chi connectivity index (χ2n) is 5.08. The van der Waals surface area contributed by atoms with Crippen LogP contribution in [0.5, 0.6) is 0 Å². The van der Waals surface area contributed by atoms with Crippen LogP contribution in [0.2, 0.25) is 0 Å². The molecule has 2 N–H and O–H groups in total. The molecule has 0 aromatic heterocycles. The van der Waals surface area contributed by atoms with Gasteiger partial charge < -0.3 is 15.5 Å². The summed E-state index contributed by atoms with van der Waals surface area (Å²) in [6, 6.07) is 0. The van der Waals surface area contributed by atoms with Gasteiger partial charge in [-0.3, -0.25) is 4.99 Å². The molecule has 5 heteroatoms. The van der Waals surface area contributed by atoms with Crippen molar-refractivity contribution in [1.29, 1.82) is 0 Å². The molecule has 0 amide bonds. The predicted octanol–water partition coefficient (Wildman–Crippen LogP) is 2.38. The molecule has 0 atom stereocenters. The van der Waals surface area contributed by atoms with E-state index in [2.05, 4.69) is 35.6 Å². The van der Waals surface area contributed by atoms with Crippen LogP contribution in [0.4, 0.5) is 0 Å². The summed E-state index contributed by atoms with van der Waals surface area (Å²) in [5, 5.41) is 0. The van der Waals surface area contributed by atoms with Crippen molar-refractivity contribution in [2.45, 2.75) is 40.0 Å². The zero-order valence-electron chi connectivity index (χ0n) is 12.8. The topological polar surface area (TPSA) is 44.9 Å². The summed E-state index contributed by atoms with van der Waals surface area (Å²) in [5.74, 6) is 1.56. The van der Waals surface area contributed by atoms with Crippen LogP contribution < -0.4 is 5.73 Å². The molecule has 1 aliphatic heterocycles. The quantitative estimate of drug-likeness (QED) is 0.436. The molecule has 19 heavy (non-hydrogen) atoms. The van der Waals surface area contributed by atoms with E-state index in [1.165, 1.54) is 38.9 Å². The first-order valence-corrected chi connectivity index (χ1v) is 7.48. The summed E-state index contributed by atoms with van der Waals surface area (Å²) in [7, 11) is 0. The van der Waals surface area contributed by atoms with Crippen LogP contribution >= 0.6 is 24.0 Å². The number of nitrogens with zero attached hydrogens (tertiary/aromatic N) is 3. The molecule has 0 aromatic rings. The number of nitrogens with two attached hydrogens (primary N) is 1. The lowest BCUT2D eigenvalue weighted by molar-refractivity contribution is 0.188. The van der Waals surface area contributed by atoms with Gasteiger partial charge in [0.05, 0.1) is 0 Å². The van der Waals surface area contributed by atoms with Gasteiger partial charge in [0.1, 0.15) is 0 Å². The number of hydrogen-bond donors (Lipinski definition) is 1. The molecule has 1 heterocycles. The number of likely N-dealkylation sites (tertiary alicyclic amines) is 1. The molecule has 0 bridgehead atoms. The molecule has 1 fully saturated rings. The largest absolute Gasteiger partial charge is 0.370 e. The number of rotatable bonds is 6. The molecule has 114 valence electrons. The first kappa shape index (κ1) is 19.0. The van der Waals surface area contributed by atoms with Crippen LogP contribution in [-0.4, -0.2) is 55.0 Å². The van der Waals surface area contributed by atoms with E-state index in [1.54, 1.807) is 0 Å². The van der Waals surface area contributed by atoms with Gasteiger partial charge in [-0.15, -0.1) is 24.0 Å². The summed E-state index contributed by atoms with van der Waals surface area (Å²) in [6.07, 6.45) is 3.85. The molecule has 0 radical (unpaired) electrons. The van der Waals surface area contributed by atoms with Gasteiger partial charge in [0.2, 0.25) is 0 Å². The zero-order valence-corrected chi connectivity index (χ0v) is 15.1. The lowest BCUT2D eigenvalue weighted by Crippen LogP contribution is -2.37. The van der Waals surface area contributed by atoms with Crippen molar-refractivity contribution >= 4 is 29.9 Å². The number of aliphatic imine (C=N–C) groups is 1. The van der Waals surface area contributed by atoms with Gasteiger partial charge in [0, 0.05) is 19.6 Å². The van der Waals surface area contributed by atoms with Crippen LogP contribution in [0.15, 0.2) is 4.99 Å². The summed E-state index contributed by atoms with van der Waals surface area (Å²) < 4.78 is 0. The maximum atomic E-state index is 5.97. The second kappa shape index (κ2) is 10.7. The Kier molecular flexibility index (Phi) is 10.7. The van der Waals surface area contributed by atoms with Crippen molar-refractivity contribution in [2.24, 2.45) is 16.6 Å². The molecular weight excluding hydrogens is 351 g/mol. The molecule has 0 aromatic carbocycles. The molecule has 0 saturated carbocycles. The summed E-state index contributed by atoms with van der Waals surface area (Å²) >= 11 is 0. The van der Waals surface area contributed by atoms with E-state index < -0.39 is 0 Å². The zero-order chi connectivity index (χ0) is 13.4. The van der Waals surface area contributed by atoms with Crippen molar-refractivity contribution in [2.75, 3.05) is 39.3 Å². The van der Waals surface area contributed by atoms with Gasteiger partial charge in [0.25, 0.3) is 0 Å². The summed E-state index contributed by atoms with van der Waals surface area (Å²) in [4.78, 5) is 9.15. The van der Waals surface area contributed by atoms with Gasteiger partial charge in [-0.05, 0) is 58.7 Å². The average molecular weight is 382 g/mol. The number of guanidine groups is 1. The van der Waals surface area contributed by atoms with E-state index in [-0.39, 0.29) is 24.0 Å². The highest BCUT2D eigenvalue weighted by molar-refractivity contribution is 14.0. The van der Waals surface area contributed by atoms with Gasteiger partial charge in [0.15, 0.2) is 5.96 Å². The molecular formula is C14H31IN4. The van der Waals surface area contributed by atoms with Crippen LogP contribution in [-0.2, 0) is 0 Å². The van der Waals surface area contributed by atoms with Crippen LogP contribution in [0.25, 0.3) is 0 Å². The van der Waals surface area contributed by atoms with Crippen molar-refractivity contribution in [1.82, 2.24) is 9.80 Å². The molecule has 0 unspecified atom stereocenters. The Balaban J connectivity index is 0.00000324. The Morgan fingerprint density at radius 2 is 1.79 bits per heavy atom. The smallest absolute Gasteiger partial charge is 0.191 e. The molecule has 1 aliphatic rings. The van der Waals surface area contributed by atoms with Crippen LogP contribution in [0.1, 0.15) is 40.0 Å². The van der Waals surface area contributed by atoms with Gasteiger partial charge in [-0.25, -0.2) is 0 Å². The van der Waals surface area contributed by atoms with Gasteiger partial charge in [-0.2, -0.15) is 0 Å². The fourth-order valence-corrected chi connectivity index (χ4v) is 2.60. The van der Waals surface area contributed by atoms with E-state index in [4.69, 9.17) is 5.73 Å². The predicted molar refractivity (Wildman–Crippen MR) is 94.3 cm³/mol. The second-order valence-corrected chi connectivity index (χ2v) is 5.08. The normalized spacial score (nSPS) is 18.2. The average Bonchev–Trinajstić information content (AvgIpc) is 2.41. The van der Waals surface area contributed by atoms with Gasteiger partial charge >= 0.3 is 0 Å². The minimum Gasteiger partial charge on any atom is -0.370 e. The molecule has 4 nitrogen and oxygen atoms in total. The van der Waals surface area contributed by atoms with E-state index >= 15 is 0 Å². The summed E-state index contributed by atoms with van der Waals surface area (Å²) in [5.41, 5.74) is 5.97. The van der Waals surface area contributed by atoms with Crippen LogP contribution in [0, 0.1) is 5.92 Å². The third-order valence-corrected chi connectivity index (χ3v) is 4.05. The maximum absolute atomic E-state index is 5.97. The minimum absolute atomic E-state index is 0. The fourth-order valence-electron chi connectivity index (χ4n) is 2.60. The van der Waals surface area contributed by atoms with Crippen molar-refractivity contribution in [3.63, 3.8) is 0 Å². The highest BCUT2D eigenvalue weighted by Crippen LogP contribution is 2.20. The lowest BCUT2D eigenvalue weighted by Gasteiger charge is -2.30. The molecule has 0 aliphatic carbocycles. The first-order chi connectivity index (χ1) is 8.71. The minimum atomic E-state index is 0. The monoisotopic (exact) mass is 382 g/mol. The fraction of sp³-hybridized carbons (Fsp3) is 0.929. The third-order valence-electron chi connectivity index (χ3n) is 4.05. The number of piperidine rings is 1. The maximum Gasteiger partial charge on any atom is 0.191 e. The molecule has 1 rings (SSSR count). The van der Waals surface area contributed by atoms with E-state index in [0.29, 0.717) is 5.96 Å². The Hall–Kier alpha value is -0.0400.